The lowest BCUT2D eigenvalue weighted by atomic mass is 10.4. The van der Waals surface area contributed by atoms with Gasteiger partial charge in [-0.3, -0.25) is 19.1 Å². The van der Waals surface area contributed by atoms with Crippen LogP contribution < -0.4 is 0 Å². The first-order chi connectivity index (χ1) is 11.0. The minimum Gasteiger partial charge on any atom is -0.465 e. The summed E-state index contributed by atoms with van der Waals surface area (Å²) in [5.41, 5.74) is 0. The summed E-state index contributed by atoms with van der Waals surface area (Å²) in [6.45, 7) is 1.71. The van der Waals surface area contributed by atoms with E-state index in [1.54, 1.807) is 6.92 Å². The van der Waals surface area contributed by atoms with Crippen molar-refractivity contribution in [3.05, 3.63) is 0 Å². The van der Waals surface area contributed by atoms with Crippen molar-refractivity contribution in [3.63, 3.8) is 0 Å². The lowest BCUT2D eigenvalue weighted by Crippen LogP contribution is -2.48. The van der Waals surface area contributed by atoms with Gasteiger partial charge in [0, 0.05) is 0 Å². The molecule has 0 aromatic carbocycles. The Morgan fingerprint density at radius 2 is 1.96 bits per heavy atom. The molecule has 0 rings (SSSR count). The predicted molar refractivity (Wildman–Crippen MR) is 85.5 cm³/mol. The highest BCUT2D eigenvalue weighted by atomic mass is 33.1. The lowest BCUT2D eigenvalue weighted by Gasteiger charge is -2.31. The van der Waals surface area contributed by atoms with Crippen molar-refractivity contribution in [3.8, 4) is 0 Å². The Labute approximate surface area is 146 Å². The Bertz CT molecular complexity index is 479. The minimum atomic E-state index is -5.35. The summed E-state index contributed by atoms with van der Waals surface area (Å²) in [6.07, 6.45) is -4.34. The molecule has 0 radical (unpaired) electrons. The van der Waals surface area contributed by atoms with E-state index in [-0.39, 0.29) is 28.9 Å². The van der Waals surface area contributed by atoms with Gasteiger partial charge in [0.1, 0.15) is 6.54 Å². The summed E-state index contributed by atoms with van der Waals surface area (Å²) < 4.78 is 59.6. The molecular formula is C11H19F3NO6PS2. The molecule has 0 bridgehead atoms. The van der Waals surface area contributed by atoms with E-state index >= 15 is 0 Å². The Hall–Kier alpha value is -0.420. The quantitative estimate of drug-likeness (QED) is 0.142. The van der Waals surface area contributed by atoms with E-state index in [1.807, 2.05) is 0 Å². The third kappa shape index (κ3) is 7.64. The van der Waals surface area contributed by atoms with Crippen LogP contribution in [-0.4, -0.2) is 52.7 Å². The molecule has 2 unspecified atom stereocenters. The van der Waals surface area contributed by atoms with Crippen LogP contribution in [0.1, 0.15) is 26.7 Å². The molecule has 0 spiro atoms. The SMILES string of the molecule is CCCCOP(=O)(O)C(SS)N(CC(=O)OCC)C(=O)C(F)(F)F. The van der Waals surface area contributed by atoms with E-state index in [0.717, 1.165) is 0 Å². The summed E-state index contributed by atoms with van der Waals surface area (Å²) in [5, 5.41) is -2.02. The van der Waals surface area contributed by atoms with E-state index in [4.69, 9.17) is 4.52 Å². The molecule has 0 saturated carbocycles. The van der Waals surface area contributed by atoms with Crippen molar-refractivity contribution in [1.82, 2.24) is 4.90 Å². The zero-order chi connectivity index (χ0) is 19.0. The van der Waals surface area contributed by atoms with E-state index in [1.165, 1.54) is 6.92 Å². The number of rotatable bonds is 10. The molecule has 13 heteroatoms. The molecule has 24 heavy (non-hydrogen) atoms. The fraction of sp³-hybridized carbons (Fsp3) is 0.818. The van der Waals surface area contributed by atoms with Gasteiger partial charge in [-0.25, -0.2) is 0 Å². The highest BCUT2D eigenvalue weighted by Gasteiger charge is 2.50. The van der Waals surface area contributed by atoms with Gasteiger partial charge in [0.15, 0.2) is 5.11 Å². The molecule has 1 N–H and O–H groups in total. The number of alkyl halides is 3. The Morgan fingerprint density at radius 3 is 2.38 bits per heavy atom. The maximum Gasteiger partial charge on any atom is 0.471 e. The molecule has 142 valence electrons. The molecule has 0 aromatic rings. The van der Waals surface area contributed by atoms with Crippen molar-refractivity contribution < 1.29 is 41.5 Å². The summed E-state index contributed by atoms with van der Waals surface area (Å²) in [6, 6.07) is 0. The monoisotopic (exact) mass is 413 g/mol. The second-order valence-corrected chi connectivity index (χ2v) is 7.93. The van der Waals surface area contributed by atoms with Crippen LogP contribution in [0.2, 0.25) is 0 Å². The van der Waals surface area contributed by atoms with Crippen molar-refractivity contribution in [2.24, 2.45) is 0 Å². The summed E-state index contributed by atoms with van der Waals surface area (Å²) >= 11 is 3.65. The lowest BCUT2D eigenvalue weighted by molar-refractivity contribution is -0.186. The van der Waals surface area contributed by atoms with Gasteiger partial charge in [-0.1, -0.05) is 24.1 Å². The van der Waals surface area contributed by atoms with Crippen LogP contribution in [0.5, 0.6) is 0 Å². The first-order valence-electron chi connectivity index (χ1n) is 6.81. The van der Waals surface area contributed by atoms with Crippen LogP contribution in [0, 0.1) is 0 Å². The molecule has 2 atom stereocenters. The summed E-state index contributed by atoms with van der Waals surface area (Å²) in [7, 11) is -4.50. The highest BCUT2D eigenvalue weighted by Crippen LogP contribution is 2.55. The fourth-order valence-corrected chi connectivity index (χ4v) is 4.87. The molecule has 0 aliphatic carbocycles. The number of ether oxygens (including phenoxy) is 1. The molecule has 0 aliphatic heterocycles. The standard InChI is InChI=1S/C11H19F3NO6PS2/c1-3-5-6-21-22(18,19)10(24-23)15(7-8(16)20-4-2)9(17)11(12,13)14/h10,23H,3-7H2,1-2H3,(H,18,19). The van der Waals surface area contributed by atoms with Gasteiger partial charge in [-0.05, 0) is 13.3 Å². The number of esters is 1. The zero-order valence-electron chi connectivity index (χ0n) is 13.0. The first kappa shape index (κ1) is 23.6. The topological polar surface area (TPSA) is 93.1 Å². The van der Waals surface area contributed by atoms with Gasteiger partial charge in [0.05, 0.1) is 13.2 Å². The maximum atomic E-state index is 12.7. The molecular weight excluding hydrogens is 394 g/mol. The van der Waals surface area contributed by atoms with Crippen LogP contribution >= 0.6 is 30.1 Å². The first-order valence-corrected chi connectivity index (χ1v) is 10.4. The Morgan fingerprint density at radius 1 is 1.38 bits per heavy atom. The number of halogens is 3. The van der Waals surface area contributed by atoms with Gasteiger partial charge in [0.2, 0.25) is 0 Å². The number of nitrogens with zero attached hydrogens (tertiary/aromatic N) is 1. The van der Waals surface area contributed by atoms with Crippen LogP contribution in [0.15, 0.2) is 0 Å². The van der Waals surface area contributed by atoms with Gasteiger partial charge in [0.25, 0.3) is 0 Å². The zero-order valence-corrected chi connectivity index (χ0v) is 15.6. The smallest absolute Gasteiger partial charge is 0.465 e. The molecule has 0 fully saturated rings. The molecule has 1 amide bonds. The Balaban J connectivity index is 5.50. The van der Waals surface area contributed by atoms with E-state index in [0.29, 0.717) is 12.8 Å². The third-order valence-electron chi connectivity index (χ3n) is 2.52. The average molecular weight is 413 g/mol. The van der Waals surface area contributed by atoms with E-state index < -0.39 is 37.3 Å². The van der Waals surface area contributed by atoms with Gasteiger partial charge >= 0.3 is 25.6 Å². The van der Waals surface area contributed by atoms with Crippen molar-refractivity contribution in [1.29, 1.82) is 0 Å². The largest absolute Gasteiger partial charge is 0.471 e. The molecule has 0 heterocycles. The van der Waals surface area contributed by atoms with Gasteiger partial charge in [-0.15, -0.1) is 11.7 Å². The van der Waals surface area contributed by atoms with E-state index in [9.17, 15) is 32.2 Å². The van der Waals surface area contributed by atoms with Gasteiger partial charge < -0.3 is 14.2 Å². The molecule has 0 saturated heterocycles. The van der Waals surface area contributed by atoms with Crippen molar-refractivity contribution in [2.45, 2.75) is 38.0 Å². The predicted octanol–water partition coefficient (Wildman–Crippen LogP) is 2.80. The van der Waals surface area contributed by atoms with Crippen molar-refractivity contribution >= 4 is 41.9 Å². The van der Waals surface area contributed by atoms with Crippen LogP contribution in [0.4, 0.5) is 13.2 Å². The number of unbranched alkanes of at least 4 members (excludes halogenated alkanes) is 1. The second-order valence-electron chi connectivity index (χ2n) is 4.42. The van der Waals surface area contributed by atoms with Crippen LogP contribution in [0.3, 0.4) is 0 Å². The second kappa shape index (κ2) is 10.5. The number of carbonyl (C=O) groups is 2. The molecule has 0 aliphatic rings. The normalized spacial score (nSPS) is 15.5. The molecule has 0 aromatic heterocycles. The summed E-state index contributed by atoms with van der Waals surface area (Å²) in [4.78, 5) is 32.8. The number of amides is 1. The fourth-order valence-electron chi connectivity index (χ4n) is 1.45. The number of hydrogen-bond acceptors (Lipinski definition) is 7. The highest BCUT2D eigenvalue weighted by molar-refractivity contribution is 8.69. The van der Waals surface area contributed by atoms with E-state index in [2.05, 4.69) is 16.4 Å². The van der Waals surface area contributed by atoms with Crippen molar-refractivity contribution in [2.75, 3.05) is 19.8 Å². The maximum absolute atomic E-state index is 12.7. The van der Waals surface area contributed by atoms with Gasteiger partial charge in [-0.2, -0.15) is 13.2 Å². The number of thiol groups is 1. The Kier molecular flexibility index (Phi) is 10.4. The van der Waals surface area contributed by atoms with Crippen LogP contribution in [-0.2, 0) is 23.4 Å². The average Bonchev–Trinajstić information content (AvgIpc) is 2.45. The minimum absolute atomic E-state index is 0.109. The summed E-state index contributed by atoms with van der Waals surface area (Å²) in [5.74, 6) is -3.62. The number of hydrogen-bond donors (Lipinski definition) is 2. The number of carbonyl (C=O) groups excluding carboxylic acids is 2. The molecule has 7 nitrogen and oxygen atoms in total. The third-order valence-corrected chi connectivity index (χ3v) is 6.57. The van der Waals surface area contributed by atoms with Crippen LogP contribution in [0.25, 0.3) is 0 Å².